The minimum Gasteiger partial charge on any atom is -0.365 e. The highest BCUT2D eigenvalue weighted by molar-refractivity contribution is 5.63. The number of anilines is 1. The van der Waals surface area contributed by atoms with Gasteiger partial charge in [0.15, 0.2) is 5.83 Å². The SMILES string of the molecule is C=C1C(F)=c2nc(C)nc(NCc3cccc(C(F)F)c3F)c2=CN1C1(C)CC1. The number of benzene rings is 1. The minimum absolute atomic E-state index is 0.0727. The fourth-order valence-electron chi connectivity index (χ4n) is 3.44. The Morgan fingerprint density at radius 3 is 2.62 bits per heavy atom. The van der Waals surface area contributed by atoms with Gasteiger partial charge in [-0.15, -0.1) is 0 Å². The summed E-state index contributed by atoms with van der Waals surface area (Å²) in [7, 11) is 0. The summed E-state index contributed by atoms with van der Waals surface area (Å²) in [5.41, 5.74) is -0.535. The molecule has 0 amide bonds. The summed E-state index contributed by atoms with van der Waals surface area (Å²) in [6.45, 7) is 7.41. The minimum atomic E-state index is -2.90. The number of hydrogen-bond acceptors (Lipinski definition) is 4. The van der Waals surface area contributed by atoms with E-state index in [4.69, 9.17) is 0 Å². The fraction of sp³-hybridized carbons (Fsp3) is 0.333. The molecule has 1 N–H and O–H groups in total. The Hall–Kier alpha value is -2.90. The number of allylic oxidation sites excluding steroid dienone is 1. The van der Waals surface area contributed by atoms with Gasteiger partial charge in [-0.2, -0.15) is 0 Å². The van der Waals surface area contributed by atoms with Crippen LogP contribution in [0.25, 0.3) is 12.0 Å². The van der Waals surface area contributed by atoms with Crippen LogP contribution in [-0.2, 0) is 6.54 Å². The van der Waals surface area contributed by atoms with Gasteiger partial charge in [-0.1, -0.05) is 24.8 Å². The first-order valence-electron chi connectivity index (χ1n) is 9.25. The van der Waals surface area contributed by atoms with Crippen molar-refractivity contribution in [1.82, 2.24) is 14.9 Å². The normalized spacial score (nSPS) is 17.3. The van der Waals surface area contributed by atoms with Gasteiger partial charge in [0.05, 0.1) is 16.5 Å². The Balaban J connectivity index is 1.75. The standard InChI is InChI=1S/C21H20F4N4/c1-11-16(22)18-15(10-29(11)21(3)7-8-21)20(28-12(2)27-18)26-9-13-5-4-6-14(17(13)23)19(24)25/h4-6,10,19H,1,7-9H2,2-3H3,(H,26,27,28). The zero-order chi connectivity index (χ0) is 20.9. The molecule has 4 rings (SSSR count). The summed E-state index contributed by atoms with van der Waals surface area (Å²) in [5, 5.41) is 3.51. The number of rotatable bonds is 5. The summed E-state index contributed by atoms with van der Waals surface area (Å²) < 4.78 is 55.2. The van der Waals surface area contributed by atoms with Crippen molar-refractivity contribution in [3.8, 4) is 0 Å². The molecule has 1 aromatic carbocycles. The van der Waals surface area contributed by atoms with E-state index >= 15 is 4.39 Å². The molecule has 2 aromatic rings. The molecule has 4 nitrogen and oxygen atoms in total. The number of hydrogen-bond donors (Lipinski definition) is 1. The molecule has 2 aliphatic rings. The van der Waals surface area contributed by atoms with Gasteiger partial charge in [0.25, 0.3) is 6.43 Å². The fourth-order valence-corrected chi connectivity index (χ4v) is 3.44. The molecule has 0 radical (unpaired) electrons. The summed E-state index contributed by atoms with van der Waals surface area (Å²) in [6.07, 6.45) is 0.667. The van der Waals surface area contributed by atoms with E-state index in [0.29, 0.717) is 16.9 Å². The predicted molar refractivity (Wildman–Crippen MR) is 102 cm³/mol. The number of aryl methyl sites for hydroxylation is 1. The van der Waals surface area contributed by atoms with Gasteiger partial charge < -0.3 is 10.2 Å². The molecule has 8 heteroatoms. The van der Waals surface area contributed by atoms with Crippen LogP contribution in [0.3, 0.4) is 0 Å². The van der Waals surface area contributed by atoms with Crippen LogP contribution in [0.15, 0.2) is 30.5 Å². The lowest BCUT2D eigenvalue weighted by Gasteiger charge is -2.31. The molecular weight excluding hydrogens is 384 g/mol. The van der Waals surface area contributed by atoms with Crippen LogP contribution < -0.4 is 15.9 Å². The summed E-state index contributed by atoms with van der Waals surface area (Å²) in [6, 6.07) is 3.85. The summed E-state index contributed by atoms with van der Waals surface area (Å²) >= 11 is 0. The topological polar surface area (TPSA) is 41.1 Å². The molecule has 0 saturated heterocycles. The largest absolute Gasteiger partial charge is 0.365 e. The number of fused-ring (bicyclic) bond motifs is 1. The Labute approximate surface area is 165 Å². The van der Waals surface area contributed by atoms with Gasteiger partial charge in [0, 0.05) is 23.8 Å². The third kappa shape index (κ3) is 3.36. The van der Waals surface area contributed by atoms with Crippen LogP contribution in [-0.4, -0.2) is 20.4 Å². The monoisotopic (exact) mass is 404 g/mol. The second kappa shape index (κ2) is 6.86. The zero-order valence-electron chi connectivity index (χ0n) is 16.1. The molecule has 0 atom stereocenters. The van der Waals surface area contributed by atoms with Crippen molar-refractivity contribution >= 4 is 17.8 Å². The molecular formula is C21H20F4N4. The van der Waals surface area contributed by atoms with E-state index in [9.17, 15) is 13.2 Å². The van der Waals surface area contributed by atoms with Crippen LogP contribution in [0.4, 0.5) is 23.4 Å². The first kappa shape index (κ1) is 19.4. The predicted octanol–water partition coefficient (Wildman–Crippen LogP) is 3.67. The van der Waals surface area contributed by atoms with E-state index < -0.39 is 23.6 Å². The van der Waals surface area contributed by atoms with Crippen molar-refractivity contribution in [2.75, 3.05) is 5.32 Å². The molecule has 0 unspecified atom stereocenters. The Morgan fingerprint density at radius 1 is 1.24 bits per heavy atom. The average Bonchev–Trinajstić information content (AvgIpc) is 3.42. The Bertz CT molecular complexity index is 1120. The van der Waals surface area contributed by atoms with Crippen molar-refractivity contribution in [2.24, 2.45) is 0 Å². The van der Waals surface area contributed by atoms with Crippen molar-refractivity contribution < 1.29 is 17.6 Å². The first-order valence-corrected chi connectivity index (χ1v) is 9.25. The number of nitrogens with one attached hydrogen (secondary N) is 1. The molecule has 1 aromatic heterocycles. The molecule has 0 spiro atoms. The zero-order valence-corrected chi connectivity index (χ0v) is 16.1. The van der Waals surface area contributed by atoms with Gasteiger partial charge in [-0.25, -0.2) is 27.5 Å². The van der Waals surface area contributed by atoms with Crippen LogP contribution >= 0.6 is 0 Å². The molecule has 1 aliphatic heterocycles. The van der Waals surface area contributed by atoms with Gasteiger partial charge in [-0.3, -0.25) is 0 Å². The van der Waals surface area contributed by atoms with E-state index in [-0.39, 0.29) is 28.7 Å². The highest BCUT2D eigenvalue weighted by atomic mass is 19.3. The lowest BCUT2D eigenvalue weighted by molar-refractivity contribution is 0.146. The molecule has 2 heterocycles. The van der Waals surface area contributed by atoms with E-state index in [2.05, 4.69) is 21.9 Å². The Morgan fingerprint density at radius 2 is 1.97 bits per heavy atom. The van der Waals surface area contributed by atoms with E-state index in [0.717, 1.165) is 18.9 Å². The van der Waals surface area contributed by atoms with E-state index in [1.807, 2.05) is 6.92 Å². The molecule has 1 aliphatic carbocycles. The van der Waals surface area contributed by atoms with Gasteiger partial charge in [-0.05, 0) is 26.7 Å². The highest BCUT2D eigenvalue weighted by Crippen LogP contribution is 2.45. The third-order valence-corrected chi connectivity index (χ3v) is 5.41. The average molecular weight is 404 g/mol. The van der Waals surface area contributed by atoms with Crippen molar-refractivity contribution in [3.05, 3.63) is 63.8 Å². The number of halogens is 4. The maximum absolute atomic E-state index is 15.0. The quantitative estimate of drug-likeness (QED) is 0.773. The summed E-state index contributed by atoms with van der Waals surface area (Å²) in [5.74, 6) is -0.853. The lowest BCUT2D eigenvalue weighted by Crippen LogP contribution is -2.44. The van der Waals surface area contributed by atoms with Crippen molar-refractivity contribution in [3.63, 3.8) is 0 Å². The molecule has 0 bridgehead atoms. The van der Waals surface area contributed by atoms with Crippen molar-refractivity contribution in [1.29, 1.82) is 0 Å². The van der Waals surface area contributed by atoms with Crippen molar-refractivity contribution in [2.45, 2.75) is 45.2 Å². The van der Waals surface area contributed by atoms with E-state index in [1.54, 1.807) is 18.0 Å². The Kier molecular flexibility index (Phi) is 4.59. The smallest absolute Gasteiger partial charge is 0.266 e. The van der Waals surface area contributed by atoms with Crippen LogP contribution in [0.1, 0.15) is 43.1 Å². The second-order valence-electron chi connectivity index (χ2n) is 7.61. The number of nitrogens with zero attached hydrogens (tertiary/aromatic N) is 3. The molecule has 29 heavy (non-hydrogen) atoms. The number of aromatic nitrogens is 2. The van der Waals surface area contributed by atoms with Crippen LogP contribution in [0.5, 0.6) is 0 Å². The van der Waals surface area contributed by atoms with Gasteiger partial charge in [0.2, 0.25) is 0 Å². The third-order valence-electron chi connectivity index (χ3n) is 5.41. The van der Waals surface area contributed by atoms with Gasteiger partial charge in [0.1, 0.15) is 22.8 Å². The van der Waals surface area contributed by atoms with Crippen LogP contribution in [0, 0.1) is 12.7 Å². The lowest BCUT2D eigenvalue weighted by atomic mass is 10.1. The van der Waals surface area contributed by atoms with Crippen LogP contribution in [0.2, 0.25) is 0 Å². The maximum Gasteiger partial charge on any atom is 0.266 e. The maximum atomic E-state index is 15.0. The number of alkyl halides is 2. The molecule has 1 fully saturated rings. The summed E-state index contributed by atoms with van der Waals surface area (Å²) in [4.78, 5) is 10.3. The van der Waals surface area contributed by atoms with E-state index in [1.165, 1.54) is 12.1 Å². The first-order chi connectivity index (χ1) is 13.7. The molecule has 1 saturated carbocycles. The highest BCUT2D eigenvalue weighted by Gasteiger charge is 2.44. The molecule has 152 valence electrons. The van der Waals surface area contributed by atoms with Gasteiger partial charge >= 0.3 is 0 Å². The second-order valence-corrected chi connectivity index (χ2v) is 7.61.